The van der Waals surface area contributed by atoms with Crippen molar-refractivity contribution < 1.29 is 4.79 Å². The van der Waals surface area contributed by atoms with E-state index in [-0.39, 0.29) is 11.9 Å². The van der Waals surface area contributed by atoms with Crippen molar-refractivity contribution in [1.29, 1.82) is 0 Å². The van der Waals surface area contributed by atoms with Crippen molar-refractivity contribution in [3.63, 3.8) is 0 Å². The van der Waals surface area contributed by atoms with Gasteiger partial charge in [0.1, 0.15) is 0 Å². The quantitative estimate of drug-likeness (QED) is 0.583. The molecule has 1 fully saturated rings. The summed E-state index contributed by atoms with van der Waals surface area (Å²) in [6.45, 7) is 2.05. The van der Waals surface area contributed by atoms with Gasteiger partial charge in [-0.15, -0.1) is 11.6 Å². The smallest absolute Gasteiger partial charge is 0.220 e. The fourth-order valence-corrected chi connectivity index (χ4v) is 2.66. The molecular formula is C13H24ClNO. The maximum atomic E-state index is 11.8. The van der Waals surface area contributed by atoms with Crippen molar-refractivity contribution in [3.8, 4) is 0 Å². The van der Waals surface area contributed by atoms with Gasteiger partial charge in [0.2, 0.25) is 5.91 Å². The second-order valence-corrected chi connectivity index (χ2v) is 5.20. The van der Waals surface area contributed by atoms with Crippen LogP contribution in [0.1, 0.15) is 58.3 Å². The summed E-state index contributed by atoms with van der Waals surface area (Å²) in [5.41, 5.74) is 0. The van der Waals surface area contributed by atoms with Crippen LogP contribution in [0.15, 0.2) is 0 Å². The molecule has 0 saturated heterocycles. The lowest BCUT2D eigenvalue weighted by Gasteiger charge is -2.17. The predicted molar refractivity (Wildman–Crippen MR) is 68.8 cm³/mol. The second-order valence-electron chi connectivity index (χ2n) is 4.89. The summed E-state index contributed by atoms with van der Waals surface area (Å²) < 4.78 is 0. The van der Waals surface area contributed by atoms with Gasteiger partial charge in [-0.1, -0.05) is 32.6 Å². The minimum Gasteiger partial charge on any atom is -0.352 e. The van der Waals surface area contributed by atoms with Crippen LogP contribution >= 0.6 is 11.6 Å². The number of hydrogen-bond donors (Lipinski definition) is 1. The van der Waals surface area contributed by atoms with Crippen molar-refractivity contribution in [3.05, 3.63) is 0 Å². The monoisotopic (exact) mass is 245 g/mol. The molecular weight excluding hydrogens is 222 g/mol. The van der Waals surface area contributed by atoms with E-state index in [0.29, 0.717) is 18.2 Å². The summed E-state index contributed by atoms with van der Waals surface area (Å²) in [4.78, 5) is 11.8. The number of halogens is 1. The molecule has 1 amide bonds. The number of alkyl halides is 1. The molecule has 1 N–H and O–H groups in total. The van der Waals surface area contributed by atoms with Crippen LogP contribution in [0, 0.1) is 5.92 Å². The standard InChI is InChI=1S/C13H24ClNO/c1-2-12(10-14)15-13(16)9-11-7-5-3-4-6-8-11/h11-12H,2-10H2,1H3,(H,15,16). The summed E-state index contributed by atoms with van der Waals surface area (Å²) in [7, 11) is 0. The van der Waals surface area contributed by atoms with Crippen molar-refractivity contribution in [2.45, 2.75) is 64.3 Å². The van der Waals surface area contributed by atoms with E-state index < -0.39 is 0 Å². The zero-order chi connectivity index (χ0) is 11.8. The number of carbonyl (C=O) groups excluding carboxylic acids is 1. The van der Waals surface area contributed by atoms with E-state index in [1.54, 1.807) is 0 Å². The normalized spacial score (nSPS) is 20.1. The van der Waals surface area contributed by atoms with Crippen LogP contribution in [0.5, 0.6) is 0 Å². The zero-order valence-corrected chi connectivity index (χ0v) is 11.1. The molecule has 0 aromatic carbocycles. The van der Waals surface area contributed by atoms with Crippen LogP contribution in [-0.4, -0.2) is 17.8 Å². The zero-order valence-electron chi connectivity index (χ0n) is 10.3. The molecule has 0 aromatic heterocycles. The Kier molecular flexibility index (Phi) is 6.86. The average Bonchev–Trinajstić information content (AvgIpc) is 2.54. The van der Waals surface area contributed by atoms with Crippen LogP contribution in [0.4, 0.5) is 0 Å². The van der Waals surface area contributed by atoms with Gasteiger partial charge in [-0.3, -0.25) is 4.79 Å². The molecule has 0 radical (unpaired) electrons. The lowest BCUT2D eigenvalue weighted by atomic mass is 9.96. The van der Waals surface area contributed by atoms with E-state index in [1.165, 1.54) is 38.5 Å². The molecule has 1 unspecified atom stereocenters. The first-order valence-electron chi connectivity index (χ1n) is 6.61. The number of rotatable bonds is 5. The molecule has 94 valence electrons. The van der Waals surface area contributed by atoms with Gasteiger partial charge in [0.05, 0.1) is 0 Å². The Morgan fingerprint density at radius 3 is 2.44 bits per heavy atom. The first kappa shape index (κ1) is 13.8. The Bertz CT molecular complexity index is 196. The van der Waals surface area contributed by atoms with E-state index >= 15 is 0 Å². The number of carbonyl (C=O) groups is 1. The molecule has 1 saturated carbocycles. The molecule has 0 heterocycles. The Balaban J connectivity index is 2.26. The average molecular weight is 246 g/mol. The topological polar surface area (TPSA) is 29.1 Å². The minimum absolute atomic E-state index is 0.153. The molecule has 3 heteroatoms. The lowest BCUT2D eigenvalue weighted by Crippen LogP contribution is -2.36. The van der Waals surface area contributed by atoms with Crippen molar-refractivity contribution in [2.75, 3.05) is 5.88 Å². The van der Waals surface area contributed by atoms with Crippen LogP contribution in [0.25, 0.3) is 0 Å². The maximum absolute atomic E-state index is 11.8. The minimum atomic E-state index is 0.153. The maximum Gasteiger partial charge on any atom is 0.220 e. The summed E-state index contributed by atoms with van der Waals surface area (Å²) >= 11 is 5.77. The summed E-state index contributed by atoms with van der Waals surface area (Å²) in [6, 6.07) is 0.153. The Morgan fingerprint density at radius 1 is 1.31 bits per heavy atom. The van der Waals surface area contributed by atoms with Gasteiger partial charge in [0, 0.05) is 18.3 Å². The van der Waals surface area contributed by atoms with E-state index in [2.05, 4.69) is 12.2 Å². The van der Waals surface area contributed by atoms with Gasteiger partial charge in [-0.25, -0.2) is 0 Å². The molecule has 1 atom stereocenters. The fourth-order valence-electron chi connectivity index (χ4n) is 2.37. The highest BCUT2D eigenvalue weighted by atomic mass is 35.5. The molecule has 16 heavy (non-hydrogen) atoms. The van der Waals surface area contributed by atoms with E-state index in [0.717, 1.165) is 6.42 Å². The van der Waals surface area contributed by atoms with Crippen molar-refractivity contribution in [2.24, 2.45) is 5.92 Å². The van der Waals surface area contributed by atoms with Gasteiger partial charge in [-0.2, -0.15) is 0 Å². The van der Waals surface area contributed by atoms with Crippen LogP contribution in [0.3, 0.4) is 0 Å². The third-order valence-electron chi connectivity index (χ3n) is 3.49. The Hall–Kier alpha value is -0.240. The van der Waals surface area contributed by atoms with Gasteiger partial charge in [-0.05, 0) is 25.2 Å². The number of nitrogens with one attached hydrogen (secondary N) is 1. The summed E-state index contributed by atoms with van der Waals surface area (Å²) in [5, 5.41) is 3.01. The Labute approximate surface area is 104 Å². The first-order chi connectivity index (χ1) is 7.76. The van der Waals surface area contributed by atoms with E-state index in [4.69, 9.17) is 11.6 Å². The van der Waals surface area contributed by atoms with E-state index in [1.807, 2.05) is 0 Å². The molecule has 1 aliphatic carbocycles. The second kappa shape index (κ2) is 7.94. The van der Waals surface area contributed by atoms with Gasteiger partial charge in [0.15, 0.2) is 0 Å². The third-order valence-corrected chi connectivity index (χ3v) is 3.87. The number of hydrogen-bond acceptors (Lipinski definition) is 1. The molecule has 1 rings (SSSR count). The SMILES string of the molecule is CCC(CCl)NC(=O)CC1CCCCCC1. The van der Waals surface area contributed by atoms with Crippen LogP contribution < -0.4 is 5.32 Å². The highest BCUT2D eigenvalue weighted by molar-refractivity contribution is 6.18. The molecule has 1 aliphatic rings. The van der Waals surface area contributed by atoms with Gasteiger partial charge in [0.25, 0.3) is 0 Å². The molecule has 2 nitrogen and oxygen atoms in total. The van der Waals surface area contributed by atoms with Crippen LogP contribution in [0.2, 0.25) is 0 Å². The first-order valence-corrected chi connectivity index (χ1v) is 7.15. The highest BCUT2D eigenvalue weighted by Gasteiger charge is 2.17. The number of amides is 1. The molecule has 0 aliphatic heterocycles. The van der Waals surface area contributed by atoms with Gasteiger partial charge >= 0.3 is 0 Å². The largest absolute Gasteiger partial charge is 0.352 e. The van der Waals surface area contributed by atoms with Crippen molar-refractivity contribution in [1.82, 2.24) is 5.32 Å². The van der Waals surface area contributed by atoms with E-state index in [9.17, 15) is 4.79 Å². The molecule has 0 spiro atoms. The summed E-state index contributed by atoms with van der Waals surface area (Å²) in [5.74, 6) is 1.32. The van der Waals surface area contributed by atoms with Gasteiger partial charge < -0.3 is 5.32 Å². The fraction of sp³-hybridized carbons (Fsp3) is 0.923. The third kappa shape index (κ3) is 5.20. The van der Waals surface area contributed by atoms with Crippen molar-refractivity contribution >= 4 is 17.5 Å². The highest BCUT2D eigenvalue weighted by Crippen LogP contribution is 2.25. The lowest BCUT2D eigenvalue weighted by molar-refractivity contribution is -0.122. The molecule has 0 aromatic rings. The predicted octanol–water partition coefficient (Wildman–Crippen LogP) is 3.48. The van der Waals surface area contributed by atoms with Crippen LogP contribution in [-0.2, 0) is 4.79 Å². The summed E-state index contributed by atoms with van der Waals surface area (Å²) in [6.07, 6.45) is 9.35. The molecule has 0 bridgehead atoms. The Morgan fingerprint density at radius 2 is 1.94 bits per heavy atom.